The first-order chi connectivity index (χ1) is 10.1. The molecule has 0 bridgehead atoms. The van der Waals surface area contributed by atoms with Crippen molar-refractivity contribution in [2.24, 2.45) is 0 Å². The number of hydrogen-bond acceptors (Lipinski definition) is 2. The first kappa shape index (κ1) is 14.1. The topological polar surface area (TPSA) is 29.9 Å². The lowest BCUT2D eigenvalue weighted by atomic mass is 9.93. The van der Waals surface area contributed by atoms with Gasteiger partial charge in [-0.2, -0.15) is 18.3 Å². The molecule has 0 atom stereocenters. The Morgan fingerprint density at radius 3 is 2.57 bits per heavy atom. The number of benzene rings is 1. The van der Waals surface area contributed by atoms with Gasteiger partial charge in [-0.1, -0.05) is 12.1 Å². The summed E-state index contributed by atoms with van der Waals surface area (Å²) >= 11 is 0. The van der Waals surface area contributed by atoms with Crippen LogP contribution in [0, 0.1) is 0 Å². The van der Waals surface area contributed by atoms with Crippen molar-refractivity contribution in [2.45, 2.75) is 24.9 Å². The lowest BCUT2D eigenvalue weighted by Crippen LogP contribution is -2.26. The zero-order valence-corrected chi connectivity index (χ0v) is 11.4. The monoisotopic (exact) mass is 295 g/mol. The van der Waals surface area contributed by atoms with Crippen LogP contribution in [-0.4, -0.2) is 22.9 Å². The van der Waals surface area contributed by atoms with Gasteiger partial charge < -0.3 is 5.32 Å². The standard InChI is InChI=1S/C15H16F3N3/c16-15(17,18)13-3-1-2-4-14(13)21-10-12(9-20-21)11-5-7-19-8-6-11/h1-4,9-11,19H,5-8H2. The third-order valence-corrected chi connectivity index (χ3v) is 3.87. The summed E-state index contributed by atoms with van der Waals surface area (Å²) in [6, 6.07) is 5.52. The summed E-state index contributed by atoms with van der Waals surface area (Å²) in [6.07, 6.45) is 1.01. The second kappa shape index (κ2) is 5.52. The number of nitrogens with zero attached hydrogens (tertiary/aromatic N) is 2. The fourth-order valence-corrected chi connectivity index (χ4v) is 2.75. The van der Waals surface area contributed by atoms with Gasteiger partial charge in [0.15, 0.2) is 0 Å². The summed E-state index contributed by atoms with van der Waals surface area (Å²) < 4.78 is 40.5. The van der Waals surface area contributed by atoms with E-state index in [1.165, 1.54) is 16.8 Å². The molecule has 2 aromatic rings. The van der Waals surface area contributed by atoms with E-state index in [2.05, 4.69) is 10.4 Å². The highest BCUT2D eigenvalue weighted by molar-refractivity contribution is 5.42. The van der Waals surface area contributed by atoms with Crippen LogP contribution in [0.25, 0.3) is 5.69 Å². The Balaban J connectivity index is 1.93. The zero-order chi connectivity index (χ0) is 14.9. The summed E-state index contributed by atoms with van der Waals surface area (Å²) in [6.45, 7) is 1.88. The molecule has 1 aliphatic rings. The van der Waals surface area contributed by atoms with Gasteiger partial charge in [-0.15, -0.1) is 0 Å². The van der Waals surface area contributed by atoms with Gasteiger partial charge in [0.1, 0.15) is 0 Å². The third kappa shape index (κ3) is 2.95. The number of nitrogens with one attached hydrogen (secondary N) is 1. The van der Waals surface area contributed by atoms with Gasteiger partial charge in [0.2, 0.25) is 0 Å². The van der Waals surface area contributed by atoms with Crippen molar-refractivity contribution in [3.63, 3.8) is 0 Å². The van der Waals surface area contributed by atoms with E-state index in [0.29, 0.717) is 5.92 Å². The first-order valence-corrected chi connectivity index (χ1v) is 6.97. The van der Waals surface area contributed by atoms with Gasteiger partial charge in [-0.05, 0) is 49.5 Å². The van der Waals surface area contributed by atoms with Crippen molar-refractivity contribution < 1.29 is 13.2 Å². The highest BCUT2D eigenvalue weighted by Gasteiger charge is 2.34. The van der Waals surface area contributed by atoms with E-state index < -0.39 is 11.7 Å². The summed E-state index contributed by atoms with van der Waals surface area (Å²) in [5, 5.41) is 7.41. The van der Waals surface area contributed by atoms with Crippen LogP contribution in [0.2, 0.25) is 0 Å². The largest absolute Gasteiger partial charge is 0.418 e. The average molecular weight is 295 g/mol. The Kier molecular flexibility index (Phi) is 3.71. The van der Waals surface area contributed by atoms with Crippen LogP contribution >= 0.6 is 0 Å². The van der Waals surface area contributed by atoms with E-state index in [1.807, 2.05) is 0 Å². The van der Waals surface area contributed by atoms with Crippen LogP contribution in [0.5, 0.6) is 0 Å². The molecule has 112 valence electrons. The molecule has 0 aliphatic carbocycles. The minimum atomic E-state index is -4.38. The lowest BCUT2D eigenvalue weighted by Gasteiger charge is -2.21. The van der Waals surface area contributed by atoms with Crippen LogP contribution in [-0.2, 0) is 6.18 Å². The van der Waals surface area contributed by atoms with Crippen molar-refractivity contribution in [3.05, 3.63) is 47.8 Å². The maximum absolute atomic E-state index is 13.0. The molecular formula is C15H16F3N3. The number of piperidine rings is 1. The zero-order valence-electron chi connectivity index (χ0n) is 11.4. The van der Waals surface area contributed by atoms with Crippen molar-refractivity contribution in [3.8, 4) is 5.69 Å². The normalized spacial score (nSPS) is 17.1. The number of halogens is 3. The molecule has 0 radical (unpaired) electrons. The fraction of sp³-hybridized carbons (Fsp3) is 0.400. The molecule has 6 heteroatoms. The van der Waals surface area contributed by atoms with Gasteiger partial charge >= 0.3 is 6.18 Å². The van der Waals surface area contributed by atoms with E-state index in [4.69, 9.17) is 0 Å². The van der Waals surface area contributed by atoms with Gasteiger partial charge in [0.05, 0.1) is 17.4 Å². The Bertz CT molecular complexity index is 613. The minimum absolute atomic E-state index is 0.0742. The third-order valence-electron chi connectivity index (χ3n) is 3.87. The number of rotatable bonds is 2. The van der Waals surface area contributed by atoms with Crippen LogP contribution < -0.4 is 5.32 Å². The number of aromatic nitrogens is 2. The molecule has 1 aromatic carbocycles. The van der Waals surface area contributed by atoms with Gasteiger partial charge in [-0.25, -0.2) is 4.68 Å². The van der Waals surface area contributed by atoms with Gasteiger partial charge in [0.25, 0.3) is 0 Å². The molecule has 0 unspecified atom stereocenters. The molecule has 1 saturated heterocycles. The molecule has 1 aromatic heterocycles. The molecule has 3 nitrogen and oxygen atoms in total. The second-order valence-corrected chi connectivity index (χ2v) is 5.26. The fourth-order valence-electron chi connectivity index (χ4n) is 2.75. The summed E-state index contributed by atoms with van der Waals surface area (Å²) in [7, 11) is 0. The molecule has 0 spiro atoms. The Labute approximate surface area is 120 Å². The minimum Gasteiger partial charge on any atom is -0.317 e. The summed E-state index contributed by atoms with van der Waals surface area (Å²) in [5.41, 5.74) is 0.420. The smallest absolute Gasteiger partial charge is 0.317 e. The van der Waals surface area contributed by atoms with E-state index in [1.54, 1.807) is 18.5 Å². The Hall–Kier alpha value is -1.82. The van der Waals surface area contributed by atoms with E-state index >= 15 is 0 Å². The van der Waals surface area contributed by atoms with Crippen molar-refractivity contribution >= 4 is 0 Å². The van der Waals surface area contributed by atoms with Gasteiger partial charge in [-0.3, -0.25) is 0 Å². The molecule has 1 fully saturated rings. The molecule has 0 amide bonds. The van der Waals surface area contributed by atoms with Crippen LogP contribution in [0.1, 0.15) is 29.9 Å². The molecule has 21 heavy (non-hydrogen) atoms. The highest BCUT2D eigenvalue weighted by atomic mass is 19.4. The molecule has 2 heterocycles. The summed E-state index contributed by atoms with van der Waals surface area (Å²) in [5.74, 6) is 0.373. The predicted octanol–water partition coefficient (Wildman–Crippen LogP) is 3.36. The molecule has 1 N–H and O–H groups in total. The molecule has 3 rings (SSSR count). The van der Waals surface area contributed by atoms with Gasteiger partial charge in [0, 0.05) is 6.20 Å². The average Bonchev–Trinajstić information content (AvgIpc) is 2.97. The van der Waals surface area contributed by atoms with Crippen LogP contribution in [0.4, 0.5) is 13.2 Å². The van der Waals surface area contributed by atoms with Crippen LogP contribution in [0.3, 0.4) is 0 Å². The summed E-state index contributed by atoms with van der Waals surface area (Å²) in [4.78, 5) is 0. The lowest BCUT2D eigenvalue weighted by molar-refractivity contribution is -0.137. The molecule has 0 saturated carbocycles. The predicted molar refractivity (Wildman–Crippen MR) is 73.4 cm³/mol. The quantitative estimate of drug-likeness (QED) is 0.920. The first-order valence-electron chi connectivity index (χ1n) is 6.97. The van der Waals surface area contributed by atoms with Crippen molar-refractivity contribution in [1.82, 2.24) is 15.1 Å². The SMILES string of the molecule is FC(F)(F)c1ccccc1-n1cc(C2CCNCC2)cn1. The Morgan fingerprint density at radius 1 is 1.14 bits per heavy atom. The number of para-hydroxylation sites is 1. The van der Waals surface area contributed by atoms with E-state index in [9.17, 15) is 13.2 Å². The van der Waals surface area contributed by atoms with E-state index in [-0.39, 0.29) is 5.69 Å². The second-order valence-electron chi connectivity index (χ2n) is 5.26. The Morgan fingerprint density at radius 2 is 1.86 bits per heavy atom. The van der Waals surface area contributed by atoms with E-state index in [0.717, 1.165) is 37.6 Å². The highest BCUT2D eigenvalue weighted by Crippen LogP contribution is 2.34. The molecular weight excluding hydrogens is 279 g/mol. The number of alkyl halides is 3. The van der Waals surface area contributed by atoms with Crippen LogP contribution in [0.15, 0.2) is 36.7 Å². The maximum Gasteiger partial charge on any atom is 0.418 e. The number of hydrogen-bond donors (Lipinski definition) is 1. The van der Waals surface area contributed by atoms with Crippen molar-refractivity contribution in [1.29, 1.82) is 0 Å². The van der Waals surface area contributed by atoms with Crippen molar-refractivity contribution in [2.75, 3.05) is 13.1 Å². The maximum atomic E-state index is 13.0. The molecule has 1 aliphatic heterocycles.